The molecule has 0 aliphatic carbocycles. The summed E-state index contributed by atoms with van der Waals surface area (Å²) in [6, 6.07) is 5.99. The molecule has 1 rings (SSSR count). The van der Waals surface area contributed by atoms with Crippen molar-refractivity contribution in [2.24, 2.45) is 0 Å². The molecule has 1 N–H and O–H groups in total. The summed E-state index contributed by atoms with van der Waals surface area (Å²) < 4.78 is 31.7. The predicted molar refractivity (Wildman–Crippen MR) is 46.9 cm³/mol. The van der Waals surface area contributed by atoms with Crippen molar-refractivity contribution in [1.82, 2.24) is 0 Å². The summed E-state index contributed by atoms with van der Waals surface area (Å²) in [4.78, 5) is -0.0666. The topological polar surface area (TPSA) is 54.4 Å². The van der Waals surface area contributed by atoms with Gasteiger partial charge in [-0.05, 0) is 19.1 Å². The fraction of sp³-hybridized carbons (Fsp3) is 0.250. The van der Waals surface area contributed by atoms with Crippen LogP contribution in [0, 0.1) is 6.92 Å². The van der Waals surface area contributed by atoms with Gasteiger partial charge in [0.1, 0.15) is 0 Å². The Morgan fingerprint density at radius 1 is 1.15 bits per heavy atom. The van der Waals surface area contributed by atoms with Gasteiger partial charge in [0.2, 0.25) is 0 Å². The van der Waals surface area contributed by atoms with Gasteiger partial charge < -0.3 is 0 Å². The van der Waals surface area contributed by atoms with Gasteiger partial charge >= 0.3 is 30.6 Å². The van der Waals surface area contributed by atoms with Gasteiger partial charge in [0.25, 0.3) is 10.1 Å². The number of hydrogen-bond acceptors (Lipinski definition) is 2. The Labute approximate surface area is 94.9 Å². The van der Waals surface area contributed by atoms with Gasteiger partial charge in [0, 0.05) is 0 Å². The second-order valence-corrected chi connectivity index (χ2v) is 3.71. The van der Waals surface area contributed by atoms with Crippen LogP contribution in [-0.2, 0) is 36.2 Å². The Morgan fingerprint density at radius 3 is 1.85 bits per heavy atom. The molecular weight excluding hydrogens is 377 g/mol. The van der Waals surface area contributed by atoms with E-state index >= 15 is 0 Å². The molecule has 69 valence electrons. The minimum atomic E-state index is -4.02. The molecule has 0 atom stereocenters. The summed E-state index contributed by atoms with van der Waals surface area (Å²) >= 11 is 1.03. The van der Waals surface area contributed by atoms with Gasteiger partial charge in [-0.15, -0.1) is 0 Å². The molecule has 0 fully saturated rings. The molecule has 0 aromatic heterocycles. The van der Waals surface area contributed by atoms with Crippen LogP contribution >= 0.6 is 0 Å². The van der Waals surface area contributed by atoms with Crippen molar-refractivity contribution < 1.29 is 39.1 Å². The van der Waals surface area contributed by atoms with Crippen molar-refractivity contribution in [3.63, 3.8) is 0 Å². The molecule has 0 radical (unpaired) electrons. The Bertz CT molecular complexity index is 342. The number of aryl methyl sites for hydroxylation is 1. The Hall–Kier alpha value is 0.0651. The summed E-state index contributed by atoms with van der Waals surface area (Å²) in [7, 11) is -4.02. The standard InChI is InChI=1S/C7H8O3S.CH3.Hg/c1-6-2-4-7(5-3-6)11(8,9)10;;/h2-5H,1H3,(H,8,9,10);1H3;. The molecule has 0 amide bonds. The van der Waals surface area contributed by atoms with Gasteiger partial charge in [-0.25, -0.2) is 0 Å². The Balaban J connectivity index is 0.000000671. The van der Waals surface area contributed by atoms with Crippen LogP contribution in [0.4, 0.5) is 0 Å². The van der Waals surface area contributed by atoms with Crippen LogP contribution in [0.15, 0.2) is 29.2 Å². The van der Waals surface area contributed by atoms with Crippen LogP contribution in [0.25, 0.3) is 0 Å². The van der Waals surface area contributed by atoms with Crippen LogP contribution in [0.3, 0.4) is 0 Å². The molecule has 3 nitrogen and oxygen atoms in total. The van der Waals surface area contributed by atoms with Gasteiger partial charge in [0.05, 0.1) is 4.90 Å². The first-order chi connectivity index (χ1) is 6.00. The monoisotopic (exact) mass is 389 g/mol. The van der Waals surface area contributed by atoms with E-state index in [9.17, 15) is 8.42 Å². The summed E-state index contributed by atoms with van der Waals surface area (Å²) in [6.45, 7) is 1.84. The second kappa shape index (κ2) is 5.72. The van der Waals surface area contributed by atoms with E-state index < -0.39 is 10.1 Å². The number of rotatable bonds is 1. The van der Waals surface area contributed by atoms with E-state index in [1.165, 1.54) is 12.1 Å². The summed E-state index contributed by atoms with van der Waals surface area (Å²) in [5.74, 6) is 0. The summed E-state index contributed by atoms with van der Waals surface area (Å²) in [5, 5.41) is 0. The van der Waals surface area contributed by atoms with Gasteiger partial charge in [0.15, 0.2) is 0 Å². The number of benzene rings is 1. The van der Waals surface area contributed by atoms with E-state index in [1.54, 1.807) is 12.1 Å². The molecular formula is C8H11HgO3S. The molecule has 5 heteroatoms. The van der Waals surface area contributed by atoms with Crippen molar-refractivity contribution in [1.29, 1.82) is 0 Å². The van der Waals surface area contributed by atoms with Gasteiger partial charge in [-0.1, -0.05) is 17.7 Å². The minimum absolute atomic E-state index is 0.0666. The summed E-state index contributed by atoms with van der Waals surface area (Å²) in [6.07, 6.45) is 0. The van der Waals surface area contributed by atoms with E-state index in [2.05, 4.69) is 4.43 Å². The maximum atomic E-state index is 10.5. The van der Waals surface area contributed by atoms with Crippen LogP contribution in [0.5, 0.6) is 0 Å². The van der Waals surface area contributed by atoms with Gasteiger partial charge in [-0.2, -0.15) is 8.42 Å². The average molecular weight is 388 g/mol. The van der Waals surface area contributed by atoms with E-state index in [0.717, 1.165) is 31.7 Å². The first-order valence-corrected chi connectivity index (χ1v) is 10.7. The van der Waals surface area contributed by atoms with Crippen LogP contribution in [-0.4, -0.2) is 13.0 Å². The zero-order chi connectivity index (χ0) is 10.5. The molecule has 0 bridgehead atoms. The van der Waals surface area contributed by atoms with E-state index in [4.69, 9.17) is 4.55 Å². The third kappa shape index (κ3) is 4.74. The first kappa shape index (κ1) is 13.1. The molecule has 0 spiro atoms. The van der Waals surface area contributed by atoms with Crippen molar-refractivity contribution >= 4 is 10.1 Å². The Kier molecular flexibility index (Phi) is 5.75. The molecule has 1 aromatic carbocycles. The van der Waals surface area contributed by atoms with Crippen molar-refractivity contribution in [3.8, 4) is 0 Å². The predicted octanol–water partition coefficient (Wildman–Crippen LogP) is 1.82. The zero-order valence-corrected chi connectivity index (χ0v) is 14.0. The van der Waals surface area contributed by atoms with Gasteiger partial charge in [-0.3, -0.25) is 4.55 Å². The van der Waals surface area contributed by atoms with Crippen molar-refractivity contribution in [2.45, 2.75) is 16.3 Å². The molecule has 0 aliphatic rings. The zero-order valence-electron chi connectivity index (χ0n) is 7.69. The Morgan fingerprint density at radius 2 is 1.54 bits per heavy atom. The average Bonchev–Trinajstić information content (AvgIpc) is 2.07. The fourth-order valence-corrected chi connectivity index (χ4v) is 1.19. The third-order valence-corrected chi connectivity index (χ3v) is 2.19. The molecule has 0 saturated heterocycles. The quantitative estimate of drug-likeness (QED) is 0.591. The molecule has 0 aliphatic heterocycles. The molecule has 0 heterocycles. The normalized spacial score (nSPS) is 10.2. The molecule has 1 aromatic rings. The SMILES string of the molecule is Cc1ccc(S(=O)(=O)O)cc1.[CH3][Hg]. The molecule has 0 unspecified atom stereocenters. The van der Waals surface area contributed by atoms with E-state index in [-0.39, 0.29) is 4.90 Å². The van der Waals surface area contributed by atoms with Crippen LogP contribution in [0.2, 0.25) is 4.43 Å². The van der Waals surface area contributed by atoms with Crippen LogP contribution < -0.4 is 0 Å². The maximum absolute atomic E-state index is 10.5. The van der Waals surface area contributed by atoms with Crippen molar-refractivity contribution in [2.75, 3.05) is 0 Å². The second-order valence-electron chi connectivity index (χ2n) is 2.29. The number of hydrogen-bond donors (Lipinski definition) is 1. The van der Waals surface area contributed by atoms with E-state index in [0.29, 0.717) is 0 Å². The molecule has 13 heavy (non-hydrogen) atoms. The third-order valence-electron chi connectivity index (χ3n) is 1.32. The summed E-state index contributed by atoms with van der Waals surface area (Å²) in [5.41, 5.74) is 0.956. The molecule has 0 saturated carbocycles. The van der Waals surface area contributed by atoms with Crippen molar-refractivity contribution in [3.05, 3.63) is 29.8 Å². The first-order valence-electron chi connectivity index (χ1n) is 3.75. The fourth-order valence-electron chi connectivity index (χ4n) is 0.710. The van der Waals surface area contributed by atoms with Crippen LogP contribution in [0.1, 0.15) is 5.56 Å². The van der Waals surface area contributed by atoms with E-state index in [1.807, 2.05) is 6.92 Å².